The van der Waals surface area contributed by atoms with Gasteiger partial charge in [0.2, 0.25) is 0 Å². The first kappa shape index (κ1) is 12.2. The number of benzene rings is 2. The molecule has 1 radical (unpaired) electrons. The standard InChI is InChI=1S/C15H10FN4/c16-13-9-5-4-8-12(13)15-14(10-17-20-15)19-18-11-6-2-1-3-7-11/h1-9,18H. The van der Waals surface area contributed by atoms with Crippen LogP contribution in [0.1, 0.15) is 5.56 Å². The van der Waals surface area contributed by atoms with Crippen molar-refractivity contribution in [2.75, 3.05) is 5.43 Å². The van der Waals surface area contributed by atoms with E-state index in [0.29, 0.717) is 17.0 Å². The highest BCUT2D eigenvalue weighted by molar-refractivity contribution is 6.67. The Morgan fingerprint density at radius 1 is 1.00 bits per heavy atom. The van der Waals surface area contributed by atoms with Crippen molar-refractivity contribution in [2.24, 2.45) is 15.3 Å². The van der Waals surface area contributed by atoms with Gasteiger partial charge >= 0.3 is 0 Å². The van der Waals surface area contributed by atoms with Gasteiger partial charge in [-0.3, -0.25) is 5.43 Å². The van der Waals surface area contributed by atoms with Crippen LogP contribution in [0.15, 0.2) is 69.9 Å². The lowest BCUT2D eigenvalue weighted by Gasteiger charge is -2.04. The zero-order valence-corrected chi connectivity index (χ0v) is 10.4. The summed E-state index contributed by atoms with van der Waals surface area (Å²) in [5, 5.41) is 11.7. The first-order valence-electron chi connectivity index (χ1n) is 6.02. The third kappa shape index (κ3) is 2.47. The van der Waals surface area contributed by atoms with E-state index in [2.05, 4.69) is 26.9 Å². The van der Waals surface area contributed by atoms with Crippen molar-refractivity contribution in [2.45, 2.75) is 0 Å². The molecule has 0 unspecified atom stereocenters. The van der Waals surface area contributed by atoms with E-state index < -0.39 is 0 Å². The van der Waals surface area contributed by atoms with E-state index in [1.807, 2.05) is 30.3 Å². The van der Waals surface area contributed by atoms with Crippen LogP contribution in [0.5, 0.6) is 0 Å². The van der Waals surface area contributed by atoms with Gasteiger partial charge < -0.3 is 0 Å². The molecule has 0 aliphatic carbocycles. The molecule has 1 heterocycles. The Morgan fingerprint density at radius 2 is 1.75 bits per heavy atom. The fourth-order valence-electron chi connectivity index (χ4n) is 1.77. The smallest absolute Gasteiger partial charge is 0.145 e. The second-order valence-electron chi connectivity index (χ2n) is 4.08. The fourth-order valence-corrected chi connectivity index (χ4v) is 1.77. The summed E-state index contributed by atoms with van der Waals surface area (Å²) in [6, 6.07) is 15.8. The lowest BCUT2D eigenvalue weighted by molar-refractivity contribution is 0.625. The zero-order chi connectivity index (χ0) is 13.8. The zero-order valence-electron chi connectivity index (χ0n) is 10.4. The quantitative estimate of drug-likeness (QED) is 0.852. The number of hydrogen-bond donors (Lipinski definition) is 1. The number of nitrogens with one attached hydrogen (secondary N) is 1. The van der Waals surface area contributed by atoms with Crippen molar-refractivity contribution in [3.63, 3.8) is 0 Å². The van der Waals surface area contributed by atoms with Gasteiger partial charge in [0.15, 0.2) is 0 Å². The number of halogens is 1. The Labute approximate surface area is 115 Å². The lowest BCUT2D eigenvalue weighted by atomic mass is 10.1. The number of hydrazone groups is 1. The average molecular weight is 265 g/mol. The van der Waals surface area contributed by atoms with Crippen LogP contribution in [0.2, 0.25) is 0 Å². The second kappa shape index (κ2) is 5.44. The lowest BCUT2D eigenvalue weighted by Crippen LogP contribution is -2.16. The molecule has 5 heteroatoms. The molecule has 0 aromatic heterocycles. The summed E-state index contributed by atoms with van der Waals surface area (Å²) in [6.07, 6.45) is 2.64. The van der Waals surface area contributed by atoms with Crippen molar-refractivity contribution in [1.29, 1.82) is 0 Å². The molecular formula is C15H10FN4. The van der Waals surface area contributed by atoms with Gasteiger partial charge in [0.25, 0.3) is 0 Å². The van der Waals surface area contributed by atoms with Gasteiger partial charge in [0, 0.05) is 5.56 Å². The summed E-state index contributed by atoms with van der Waals surface area (Å²) < 4.78 is 13.8. The maximum absolute atomic E-state index is 13.8. The Morgan fingerprint density at radius 3 is 2.55 bits per heavy atom. The van der Waals surface area contributed by atoms with Crippen molar-refractivity contribution in [1.82, 2.24) is 0 Å². The number of anilines is 1. The molecule has 2 aromatic rings. The van der Waals surface area contributed by atoms with Crippen LogP contribution in [0.4, 0.5) is 10.1 Å². The molecule has 0 saturated carbocycles. The Bertz CT molecular complexity index is 705. The van der Waals surface area contributed by atoms with Crippen molar-refractivity contribution < 1.29 is 4.39 Å². The van der Waals surface area contributed by atoms with Crippen LogP contribution in [-0.2, 0) is 0 Å². The SMILES string of the molecule is Fc1ccccc1C1=NN=[C]C1=NNc1ccccc1. The molecule has 3 rings (SSSR count). The van der Waals surface area contributed by atoms with E-state index in [0.717, 1.165) is 5.69 Å². The minimum absolute atomic E-state index is 0.356. The first-order valence-corrected chi connectivity index (χ1v) is 6.02. The molecule has 0 amide bonds. The molecule has 1 aliphatic rings. The van der Waals surface area contributed by atoms with Gasteiger partial charge in [-0.2, -0.15) is 5.10 Å². The predicted molar refractivity (Wildman–Crippen MR) is 77.9 cm³/mol. The Hall–Kier alpha value is -2.82. The summed E-state index contributed by atoms with van der Waals surface area (Å²) >= 11 is 0. The Kier molecular flexibility index (Phi) is 3.33. The van der Waals surface area contributed by atoms with Gasteiger partial charge in [0.05, 0.1) is 5.69 Å². The molecule has 4 nitrogen and oxygen atoms in total. The van der Waals surface area contributed by atoms with Gasteiger partial charge in [0.1, 0.15) is 23.5 Å². The maximum atomic E-state index is 13.8. The summed E-state index contributed by atoms with van der Waals surface area (Å²) in [6.45, 7) is 0. The molecular weight excluding hydrogens is 255 g/mol. The normalized spacial score (nSPS) is 15.4. The van der Waals surface area contributed by atoms with Crippen molar-refractivity contribution in [3.05, 3.63) is 66.0 Å². The van der Waals surface area contributed by atoms with Crippen LogP contribution in [0.25, 0.3) is 0 Å². The number of rotatable bonds is 3. The molecule has 1 N–H and O–H groups in total. The van der Waals surface area contributed by atoms with E-state index in [4.69, 9.17) is 0 Å². The average Bonchev–Trinajstić information content (AvgIpc) is 2.95. The largest absolute Gasteiger partial charge is 0.278 e. The second-order valence-corrected chi connectivity index (χ2v) is 4.08. The molecule has 0 saturated heterocycles. The number of nitrogens with zero attached hydrogens (tertiary/aromatic N) is 3. The van der Waals surface area contributed by atoms with Gasteiger partial charge in [-0.05, 0) is 24.3 Å². The van der Waals surface area contributed by atoms with Crippen molar-refractivity contribution in [3.8, 4) is 0 Å². The molecule has 0 fully saturated rings. The predicted octanol–water partition coefficient (Wildman–Crippen LogP) is 2.96. The number of para-hydroxylation sites is 1. The van der Waals surface area contributed by atoms with E-state index in [1.54, 1.807) is 18.2 Å². The molecule has 0 bridgehead atoms. The van der Waals surface area contributed by atoms with Crippen LogP contribution >= 0.6 is 0 Å². The third-order valence-corrected chi connectivity index (χ3v) is 2.73. The minimum Gasteiger partial charge on any atom is -0.278 e. The summed E-state index contributed by atoms with van der Waals surface area (Å²) in [4.78, 5) is 0. The first-order chi connectivity index (χ1) is 9.84. The maximum Gasteiger partial charge on any atom is 0.145 e. The molecule has 1 aliphatic heterocycles. The van der Waals surface area contributed by atoms with Gasteiger partial charge in [-0.25, -0.2) is 4.39 Å². The summed E-state index contributed by atoms with van der Waals surface area (Å²) in [5.41, 5.74) is 4.79. The highest BCUT2D eigenvalue weighted by Gasteiger charge is 2.18. The van der Waals surface area contributed by atoms with E-state index in [9.17, 15) is 4.39 Å². The Balaban J connectivity index is 1.86. The number of hydrogen-bond acceptors (Lipinski definition) is 4. The molecule has 2 aromatic carbocycles. The van der Waals surface area contributed by atoms with Gasteiger partial charge in [-0.15, -0.1) is 10.2 Å². The highest BCUT2D eigenvalue weighted by Crippen LogP contribution is 2.12. The van der Waals surface area contributed by atoms with E-state index >= 15 is 0 Å². The van der Waals surface area contributed by atoms with Gasteiger partial charge in [-0.1, -0.05) is 30.3 Å². The van der Waals surface area contributed by atoms with Crippen LogP contribution in [0, 0.1) is 5.82 Å². The van der Waals surface area contributed by atoms with Crippen molar-refractivity contribution >= 4 is 23.3 Å². The summed E-state index contributed by atoms with van der Waals surface area (Å²) in [7, 11) is 0. The summed E-state index contributed by atoms with van der Waals surface area (Å²) in [5.74, 6) is -0.363. The third-order valence-electron chi connectivity index (χ3n) is 2.73. The molecule has 97 valence electrons. The van der Waals surface area contributed by atoms with Crippen LogP contribution in [-0.4, -0.2) is 17.6 Å². The van der Waals surface area contributed by atoms with E-state index in [1.165, 1.54) is 6.07 Å². The molecule has 20 heavy (non-hydrogen) atoms. The topological polar surface area (TPSA) is 49.1 Å². The molecule has 0 spiro atoms. The van der Waals surface area contributed by atoms with Crippen LogP contribution in [0.3, 0.4) is 0 Å². The monoisotopic (exact) mass is 265 g/mol. The van der Waals surface area contributed by atoms with E-state index in [-0.39, 0.29) is 5.82 Å². The van der Waals surface area contributed by atoms with Crippen LogP contribution < -0.4 is 5.43 Å². The highest BCUT2D eigenvalue weighted by atomic mass is 19.1. The fraction of sp³-hybridized carbons (Fsp3) is 0. The molecule has 0 atom stereocenters. The minimum atomic E-state index is -0.363.